The van der Waals surface area contributed by atoms with Gasteiger partial charge in [-0.1, -0.05) is 18.2 Å². The van der Waals surface area contributed by atoms with Gasteiger partial charge in [0.15, 0.2) is 0 Å². The van der Waals surface area contributed by atoms with Gasteiger partial charge in [-0.25, -0.2) is 4.79 Å². The van der Waals surface area contributed by atoms with Crippen LogP contribution in [-0.2, 0) is 11.3 Å². The Kier molecular flexibility index (Phi) is 4.37. The zero-order valence-corrected chi connectivity index (χ0v) is 16.1. The SMILES string of the molecule is Cc1cc(C)n([C@@H]2CCN(C(=O)CN3C(=O)N(C)Cc4ccccc43)C2)n1. The molecule has 1 fully saturated rings. The summed E-state index contributed by atoms with van der Waals surface area (Å²) in [7, 11) is 1.77. The van der Waals surface area contributed by atoms with Gasteiger partial charge in [0.1, 0.15) is 6.54 Å². The second kappa shape index (κ2) is 6.72. The average molecular weight is 367 g/mol. The summed E-state index contributed by atoms with van der Waals surface area (Å²) in [6.45, 7) is 6.01. The van der Waals surface area contributed by atoms with E-state index in [1.807, 2.05) is 47.7 Å². The van der Waals surface area contributed by atoms with Crippen molar-refractivity contribution < 1.29 is 9.59 Å². The Balaban J connectivity index is 1.48. The van der Waals surface area contributed by atoms with Crippen LogP contribution >= 0.6 is 0 Å². The molecule has 7 nitrogen and oxygen atoms in total. The van der Waals surface area contributed by atoms with Crippen LogP contribution in [0.5, 0.6) is 0 Å². The summed E-state index contributed by atoms with van der Waals surface area (Å²) in [4.78, 5) is 30.7. The highest BCUT2D eigenvalue weighted by atomic mass is 16.2. The van der Waals surface area contributed by atoms with Gasteiger partial charge in [-0.05, 0) is 38.0 Å². The average Bonchev–Trinajstić information content (AvgIpc) is 3.25. The van der Waals surface area contributed by atoms with Crippen molar-refractivity contribution in [2.24, 2.45) is 0 Å². The third kappa shape index (κ3) is 3.18. The second-order valence-corrected chi connectivity index (χ2v) is 7.51. The zero-order valence-electron chi connectivity index (χ0n) is 16.1. The highest BCUT2D eigenvalue weighted by molar-refractivity contribution is 5.99. The van der Waals surface area contributed by atoms with E-state index >= 15 is 0 Å². The summed E-state index contributed by atoms with van der Waals surface area (Å²) in [6, 6.07) is 9.92. The quantitative estimate of drug-likeness (QED) is 0.837. The smallest absolute Gasteiger partial charge is 0.325 e. The van der Waals surface area contributed by atoms with Crippen molar-refractivity contribution in [3.63, 3.8) is 0 Å². The highest BCUT2D eigenvalue weighted by Crippen LogP contribution is 2.28. The van der Waals surface area contributed by atoms with Gasteiger partial charge in [-0.15, -0.1) is 0 Å². The Morgan fingerprint density at radius 2 is 2.04 bits per heavy atom. The molecule has 1 aromatic carbocycles. The number of carbonyl (C=O) groups excluding carboxylic acids is 2. The Morgan fingerprint density at radius 1 is 1.26 bits per heavy atom. The molecule has 3 heterocycles. The molecule has 0 N–H and O–H groups in total. The van der Waals surface area contributed by atoms with Crippen LogP contribution in [0.4, 0.5) is 10.5 Å². The van der Waals surface area contributed by atoms with Crippen LogP contribution in [0.15, 0.2) is 30.3 Å². The van der Waals surface area contributed by atoms with Crippen molar-refractivity contribution in [1.29, 1.82) is 0 Å². The first kappa shape index (κ1) is 17.6. The predicted octanol–water partition coefficient (Wildman–Crippen LogP) is 2.35. The predicted molar refractivity (Wildman–Crippen MR) is 103 cm³/mol. The molecule has 0 aliphatic carbocycles. The molecule has 2 aliphatic heterocycles. The minimum Gasteiger partial charge on any atom is -0.339 e. The standard InChI is InChI=1S/C20H25N5O2/c1-14-10-15(2)25(21-14)17-8-9-23(12-17)19(26)13-24-18-7-5-4-6-16(18)11-22(3)20(24)27/h4-7,10,17H,8-9,11-13H2,1-3H3/t17-/m1/s1. The lowest BCUT2D eigenvalue weighted by atomic mass is 10.1. The van der Waals surface area contributed by atoms with E-state index in [4.69, 9.17) is 0 Å². The second-order valence-electron chi connectivity index (χ2n) is 7.51. The molecular formula is C20H25N5O2. The molecule has 0 spiro atoms. The minimum atomic E-state index is -0.128. The van der Waals surface area contributed by atoms with Crippen molar-refractivity contribution in [3.05, 3.63) is 47.3 Å². The van der Waals surface area contributed by atoms with E-state index in [1.54, 1.807) is 16.8 Å². The van der Waals surface area contributed by atoms with E-state index in [2.05, 4.69) is 11.2 Å². The first-order valence-corrected chi connectivity index (χ1v) is 9.35. The zero-order chi connectivity index (χ0) is 19.1. The van der Waals surface area contributed by atoms with Crippen LogP contribution in [0.25, 0.3) is 0 Å². The fourth-order valence-electron chi connectivity index (χ4n) is 4.11. The van der Waals surface area contributed by atoms with Gasteiger partial charge < -0.3 is 9.80 Å². The van der Waals surface area contributed by atoms with Crippen LogP contribution in [0.1, 0.15) is 29.4 Å². The fraction of sp³-hybridized carbons (Fsp3) is 0.450. The molecule has 2 aliphatic rings. The number of para-hydroxylation sites is 1. The van der Waals surface area contributed by atoms with Gasteiger partial charge in [0, 0.05) is 32.4 Å². The number of nitrogens with zero attached hydrogens (tertiary/aromatic N) is 5. The number of amides is 3. The number of urea groups is 1. The molecule has 0 bridgehead atoms. The number of hydrogen-bond donors (Lipinski definition) is 0. The molecule has 0 saturated carbocycles. The number of hydrogen-bond acceptors (Lipinski definition) is 3. The van der Waals surface area contributed by atoms with E-state index in [-0.39, 0.29) is 24.5 Å². The maximum Gasteiger partial charge on any atom is 0.325 e. The van der Waals surface area contributed by atoms with Gasteiger partial charge in [-0.3, -0.25) is 14.4 Å². The van der Waals surface area contributed by atoms with E-state index in [0.717, 1.165) is 29.1 Å². The number of carbonyl (C=O) groups is 2. The van der Waals surface area contributed by atoms with Crippen molar-refractivity contribution in [3.8, 4) is 0 Å². The maximum atomic E-state index is 12.9. The van der Waals surface area contributed by atoms with Crippen molar-refractivity contribution in [2.75, 3.05) is 31.6 Å². The van der Waals surface area contributed by atoms with Crippen LogP contribution in [-0.4, -0.2) is 58.2 Å². The van der Waals surface area contributed by atoms with E-state index in [9.17, 15) is 9.59 Å². The molecule has 142 valence electrons. The highest BCUT2D eigenvalue weighted by Gasteiger charge is 2.33. The topological polar surface area (TPSA) is 61.7 Å². The van der Waals surface area contributed by atoms with Crippen LogP contribution in [0.3, 0.4) is 0 Å². The van der Waals surface area contributed by atoms with Crippen molar-refractivity contribution in [1.82, 2.24) is 19.6 Å². The van der Waals surface area contributed by atoms with E-state index in [0.29, 0.717) is 19.6 Å². The normalized spacial score (nSPS) is 19.6. The third-order valence-electron chi connectivity index (χ3n) is 5.45. The van der Waals surface area contributed by atoms with Gasteiger partial charge in [-0.2, -0.15) is 5.10 Å². The Morgan fingerprint density at radius 3 is 2.78 bits per heavy atom. The molecule has 0 radical (unpaired) electrons. The Bertz CT molecular complexity index is 890. The minimum absolute atomic E-state index is 0.0162. The Labute approximate surface area is 159 Å². The van der Waals surface area contributed by atoms with Crippen molar-refractivity contribution in [2.45, 2.75) is 32.9 Å². The largest absolute Gasteiger partial charge is 0.339 e. The lowest BCUT2D eigenvalue weighted by molar-refractivity contribution is -0.128. The molecule has 27 heavy (non-hydrogen) atoms. The monoisotopic (exact) mass is 367 g/mol. The Hall–Kier alpha value is -2.83. The molecule has 4 rings (SSSR count). The van der Waals surface area contributed by atoms with Gasteiger partial charge in [0.2, 0.25) is 5.91 Å². The summed E-state index contributed by atoms with van der Waals surface area (Å²) in [5.41, 5.74) is 4.02. The van der Waals surface area contributed by atoms with Gasteiger partial charge in [0.25, 0.3) is 0 Å². The van der Waals surface area contributed by atoms with Crippen molar-refractivity contribution >= 4 is 17.6 Å². The molecule has 1 aromatic heterocycles. The van der Waals surface area contributed by atoms with Crippen LogP contribution in [0.2, 0.25) is 0 Å². The molecule has 1 atom stereocenters. The number of benzene rings is 1. The first-order valence-electron chi connectivity index (χ1n) is 9.35. The lowest BCUT2D eigenvalue weighted by Gasteiger charge is -2.35. The number of rotatable bonds is 3. The first-order chi connectivity index (χ1) is 12.9. The number of likely N-dealkylation sites (tertiary alicyclic amines) is 1. The van der Waals surface area contributed by atoms with E-state index < -0.39 is 0 Å². The molecular weight excluding hydrogens is 342 g/mol. The molecule has 2 aromatic rings. The van der Waals surface area contributed by atoms with Gasteiger partial charge in [0.05, 0.1) is 17.4 Å². The van der Waals surface area contributed by atoms with E-state index in [1.165, 1.54) is 0 Å². The molecule has 1 saturated heterocycles. The molecule has 0 unspecified atom stereocenters. The lowest BCUT2D eigenvalue weighted by Crippen LogP contribution is -2.49. The molecule has 7 heteroatoms. The number of anilines is 1. The molecule has 3 amide bonds. The third-order valence-corrected chi connectivity index (χ3v) is 5.45. The fourth-order valence-corrected chi connectivity index (χ4v) is 4.11. The summed E-state index contributed by atoms with van der Waals surface area (Å²) in [5.74, 6) is -0.0162. The van der Waals surface area contributed by atoms with Gasteiger partial charge >= 0.3 is 6.03 Å². The summed E-state index contributed by atoms with van der Waals surface area (Å²) < 4.78 is 2.03. The summed E-state index contributed by atoms with van der Waals surface area (Å²) >= 11 is 0. The van der Waals surface area contributed by atoms with Crippen LogP contribution < -0.4 is 4.90 Å². The maximum absolute atomic E-state index is 12.9. The number of fused-ring (bicyclic) bond motifs is 1. The van der Waals surface area contributed by atoms with Crippen LogP contribution in [0, 0.1) is 13.8 Å². The summed E-state index contributed by atoms with van der Waals surface area (Å²) in [6.07, 6.45) is 0.887. The number of aromatic nitrogens is 2. The number of aryl methyl sites for hydroxylation is 2. The summed E-state index contributed by atoms with van der Waals surface area (Å²) in [5, 5.41) is 4.56.